The van der Waals surface area contributed by atoms with Crippen molar-refractivity contribution in [1.82, 2.24) is 10.2 Å². The van der Waals surface area contributed by atoms with Crippen LogP contribution in [0.3, 0.4) is 0 Å². The van der Waals surface area contributed by atoms with Crippen LogP contribution in [0.15, 0.2) is 41.0 Å². The molecule has 1 aromatic carbocycles. The quantitative estimate of drug-likeness (QED) is 0.655. The molecule has 172 valence electrons. The maximum absolute atomic E-state index is 13.7. The van der Waals surface area contributed by atoms with Gasteiger partial charge < -0.3 is 24.1 Å². The van der Waals surface area contributed by atoms with E-state index in [2.05, 4.69) is 5.32 Å². The molecule has 0 aliphatic heterocycles. The van der Waals surface area contributed by atoms with Gasteiger partial charge in [-0.3, -0.25) is 9.59 Å². The Kier molecular flexibility index (Phi) is 7.02. The molecule has 2 aliphatic rings. The summed E-state index contributed by atoms with van der Waals surface area (Å²) < 4.78 is 16.3. The number of rotatable bonds is 8. The SMILES string of the molecule is COc1ccc([C@H](C(=O)NC2CCCC2)N(C(=O)c2ccco2)C2CCCC2)cc1OC. The average Bonchev–Trinajstić information content (AvgIpc) is 3.59. The molecule has 32 heavy (non-hydrogen) atoms. The van der Waals surface area contributed by atoms with Gasteiger partial charge in [-0.1, -0.05) is 31.7 Å². The van der Waals surface area contributed by atoms with Gasteiger partial charge in [0, 0.05) is 12.1 Å². The predicted molar refractivity (Wildman–Crippen MR) is 120 cm³/mol. The molecule has 1 atom stereocenters. The van der Waals surface area contributed by atoms with Gasteiger partial charge >= 0.3 is 0 Å². The predicted octanol–water partition coefficient (Wildman–Crippen LogP) is 4.48. The lowest BCUT2D eigenvalue weighted by molar-refractivity contribution is -0.127. The second kappa shape index (κ2) is 10.1. The molecule has 0 saturated heterocycles. The van der Waals surface area contributed by atoms with E-state index in [1.54, 1.807) is 43.4 Å². The van der Waals surface area contributed by atoms with Crippen molar-refractivity contribution in [2.75, 3.05) is 14.2 Å². The first-order chi connectivity index (χ1) is 15.6. The summed E-state index contributed by atoms with van der Waals surface area (Å²) in [4.78, 5) is 29.1. The van der Waals surface area contributed by atoms with E-state index < -0.39 is 6.04 Å². The number of amides is 2. The van der Waals surface area contributed by atoms with Gasteiger partial charge in [0.2, 0.25) is 5.91 Å². The number of hydrogen-bond acceptors (Lipinski definition) is 5. The zero-order chi connectivity index (χ0) is 22.5. The summed E-state index contributed by atoms with van der Waals surface area (Å²) in [6, 6.07) is 8.13. The number of carbonyl (C=O) groups is 2. The Hall–Kier alpha value is -2.96. The smallest absolute Gasteiger partial charge is 0.290 e. The number of methoxy groups -OCH3 is 2. The second-order valence-electron chi connectivity index (χ2n) is 8.63. The van der Waals surface area contributed by atoms with E-state index in [4.69, 9.17) is 13.9 Å². The van der Waals surface area contributed by atoms with Gasteiger partial charge in [-0.05, 0) is 55.5 Å². The van der Waals surface area contributed by atoms with E-state index in [1.165, 1.54) is 6.26 Å². The van der Waals surface area contributed by atoms with Gasteiger partial charge in [0.15, 0.2) is 17.3 Å². The van der Waals surface area contributed by atoms with Crippen LogP contribution in [-0.4, -0.2) is 43.0 Å². The third-order valence-electron chi connectivity index (χ3n) is 6.64. The lowest BCUT2D eigenvalue weighted by Crippen LogP contribution is -2.49. The summed E-state index contributed by atoms with van der Waals surface area (Å²) in [5.74, 6) is 0.937. The molecule has 0 radical (unpaired) electrons. The van der Waals surface area contributed by atoms with Gasteiger partial charge in [-0.15, -0.1) is 0 Å². The first kappa shape index (κ1) is 22.2. The Balaban J connectivity index is 1.76. The molecule has 1 aromatic heterocycles. The highest BCUT2D eigenvalue weighted by molar-refractivity contribution is 5.96. The van der Waals surface area contributed by atoms with E-state index in [9.17, 15) is 9.59 Å². The Morgan fingerprint density at radius 1 is 1.00 bits per heavy atom. The Bertz CT molecular complexity index is 914. The highest BCUT2D eigenvalue weighted by Gasteiger charge is 2.40. The van der Waals surface area contributed by atoms with Gasteiger partial charge in [-0.25, -0.2) is 0 Å². The fourth-order valence-electron chi connectivity index (χ4n) is 5.02. The Morgan fingerprint density at radius 2 is 1.69 bits per heavy atom. The van der Waals surface area contributed by atoms with E-state index >= 15 is 0 Å². The molecular weight excluding hydrogens is 408 g/mol. The van der Waals surface area contributed by atoms with Crippen molar-refractivity contribution in [3.8, 4) is 11.5 Å². The molecule has 7 heteroatoms. The van der Waals surface area contributed by atoms with Crippen LogP contribution in [-0.2, 0) is 4.79 Å². The number of ether oxygens (including phenoxy) is 2. The zero-order valence-corrected chi connectivity index (χ0v) is 18.8. The minimum atomic E-state index is -0.781. The number of nitrogens with zero attached hydrogens (tertiary/aromatic N) is 1. The van der Waals surface area contributed by atoms with E-state index in [-0.39, 0.29) is 29.7 Å². The second-order valence-corrected chi connectivity index (χ2v) is 8.63. The summed E-state index contributed by atoms with van der Waals surface area (Å²) in [5.41, 5.74) is 0.699. The molecule has 4 rings (SSSR count). The highest BCUT2D eigenvalue weighted by Crippen LogP contribution is 2.37. The third kappa shape index (κ3) is 4.61. The van der Waals surface area contributed by atoms with Crippen LogP contribution < -0.4 is 14.8 Å². The molecule has 2 fully saturated rings. The zero-order valence-electron chi connectivity index (χ0n) is 18.8. The molecule has 2 saturated carbocycles. The highest BCUT2D eigenvalue weighted by atomic mass is 16.5. The lowest BCUT2D eigenvalue weighted by atomic mass is 9.99. The minimum absolute atomic E-state index is 0.0278. The van der Waals surface area contributed by atoms with Gasteiger partial charge in [0.05, 0.1) is 20.5 Å². The first-order valence-electron chi connectivity index (χ1n) is 11.5. The van der Waals surface area contributed by atoms with Crippen LogP contribution in [0.2, 0.25) is 0 Å². The topological polar surface area (TPSA) is 81.0 Å². The minimum Gasteiger partial charge on any atom is -0.493 e. The Labute approximate surface area is 189 Å². The van der Waals surface area contributed by atoms with E-state index in [0.717, 1.165) is 51.4 Å². The van der Waals surface area contributed by atoms with Crippen molar-refractivity contribution in [2.45, 2.75) is 69.5 Å². The van der Waals surface area contributed by atoms with Crippen LogP contribution in [0.5, 0.6) is 11.5 Å². The molecule has 7 nitrogen and oxygen atoms in total. The summed E-state index contributed by atoms with van der Waals surface area (Å²) in [7, 11) is 3.14. The number of furan rings is 1. The van der Waals surface area contributed by atoms with Crippen LogP contribution >= 0.6 is 0 Å². The summed E-state index contributed by atoms with van der Waals surface area (Å²) in [6.07, 6.45) is 9.47. The molecule has 2 aromatic rings. The molecule has 2 amide bonds. The third-order valence-corrected chi connectivity index (χ3v) is 6.64. The lowest BCUT2D eigenvalue weighted by Gasteiger charge is -2.36. The standard InChI is InChI=1S/C25H32N2O5/c1-30-20-14-13-17(16-22(20)31-2)23(24(28)26-18-8-3-4-9-18)27(19-10-5-6-11-19)25(29)21-12-7-15-32-21/h7,12-16,18-19,23H,3-6,8-11H2,1-2H3,(H,26,28)/t23-/m1/s1. The summed E-state index contributed by atoms with van der Waals surface area (Å²) in [5, 5.41) is 3.21. The number of hydrogen-bond donors (Lipinski definition) is 1. The van der Waals surface area contributed by atoms with Crippen molar-refractivity contribution in [3.05, 3.63) is 47.9 Å². The molecule has 2 aliphatic carbocycles. The molecule has 1 heterocycles. The van der Waals surface area contributed by atoms with Crippen LogP contribution in [0.25, 0.3) is 0 Å². The maximum Gasteiger partial charge on any atom is 0.290 e. The van der Waals surface area contributed by atoms with E-state index in [0.29, 0.717) is 17.1 Å². The average molecular weight is 441 g/mol. The Morgan fingerprint density at radius 3 is 2.31 bits per heavy atom. The summed E-state index contributed by atoms with van der Waals surface area (Å²) >= 11 is 0. The molecule has 0 bridgehead atoms. The first-order valence-corrected chi connectivity index (χ1v) is 11.5. The van der Waals surface area contributed by atoms with Crippen molar-refractivity contribution in [1.29, 1.82) is 0 Å². The molecular formula is C25H32N2O5. The normalized spacial score (nSPS) is 17.8. The fraction of sp³-hybridized carbons (Fsp3) is 0.520. The molecule has 0 spiro atoms. The maximum atomic E-state index is 13.7. The van der Waals surface area contributed by atoms with Crippen molar-refractivity contribution < 1.29 is 23.5 Å². The van der Waals surface area contributed by atoms with Gasteiger partial charge in [0.1, 0.15) is 6.04 Å². The van der Waals surface area contributed by atoms with E-state index in [1.807, 2.05) is 6.07 Å². The number of carbonyl (C=O) groups excluding carboxylic acids is 2. The number of benzene rings is 1. The monoisotopic (exact) mass is 440 g/mol. The van der Waals surface area contributed by atoms with Gasteiger partial charge in [-0.2, -0.15) is 0 Å². The molecule has 1 N–H and O–H groups in total. The molecule has 0 unspecified atom stereocenters. The summed E-state index contributed by atoms with van der Waals surface area (Å²) in [6.45, 7) is 0. The van der Waals surface area contributed by atoms with Crippen molar-refractivity contribution in [2.24, 2.45) is 0 Å². The number of nitrogens with one attached hydrogen (secondary N) is 1. The van der Waals surface area contributed by atoms with Crippen molar-refractivity contribution >= 4 is 11.8 Å². The van der Waals surface area contributed by atoms with Crippen LogP contribution in [0.1, 0.15) is 73.5 Å². The van der Waals surface area contributed by atoms with Crippen molar-refractivity contribution in [3.63, 3.8) is 0 Å². The van der Waals surface area contributed by atoms with Crippen LogP contribution in [0.4, 0.5) is 0 Å². The largest absolute Gasteiger partial charge is 0.493 e. The fourth-order valence-corrected chi connectivity index (χ4v) is 5.02. The van der Waals surface area contributed by atoms with Crippen LogP contribution in [0, 0.1) is 0 Å². The van der Waals surface area contributed by atoms with Gasteiger partial charge in [0.25, 0.3) is 5.91 Å².